The molecule has 4 aromatic heterocycles. The highest BCUT2D eigenvalue weighted by atomic mass is 79.9. The van der Waals surface area contributed by atoms with Gasteiger partial charge in [0.2, 0.25) is 11.3 Å². The van der Waals surface area contributed by atoms with Gasteiger partial charge in [-0.2, -0.15) is 0 Å². The van der Waals surface area contributed by atoms with E-state index in [0.717, 1.165) is 12.1 Å². The van der Waals surface area contributed by atoms with Crippen LogP contribution in [0.1, 0.15) is 0 Å². The van der Waals surface area contributed by atoms with Gasteiger partial charge < -0.3 is 9.64 Å². The Morgan fingerprint density at radius 3 is 1.61 bits per heavy atom. The Hall–Kier alpha value is -5.84. The first-order valence-corrected chi connectivity index (χ1v) is 22.3. The summed E-state index contributed by atoms with van der Waals surface area (Å²) in [6.07, 6.45) is 3.16. The van der Waals surface area contributed by atoms with Crippen molar-refractivity contribution in [3.05, 3.63) is 136 Å². The molecule has 9 rings (SSSR count). The summed E-state index contributed by atoms with van der Waals surface area (Å²) in [6, 6.07) is 23.5. The number of nitrogens with zero attached hydrogens (tertiary/aromatic N) is 9. The molecule has 312 valence electrons. The Balaban J connectivity index is 0.000000171. The van der Waals surface area contributed by atoms with E-state index in [1.165, 1.54) is 51.8 Å². The number of anilines is 3. The lowest BCUT2D eigenvalue weighted by Gasteiger charge is -2.29. The van der Waals surface area contributed by atoms with E-state index in [2.05, 4.69) is 56.0 Å². The zero-order chi connectivity index (χ0) is 42.9. The number of hydrogen-bond acceptors (Lipinski definition) is 12. The number of benzene rings is 4. The number of aromatic nitrogens is 8. The monoisotopic (exact) mass is 969 g/mol. The lowest BCUT2D eigenvalue weighted by atomic mass is 10.2. The van der Waals surface area contributed by atoms with E-state index in [4.69, 9.17) is 27.9 Å². The molecule has 0 bridgehead atoms. The number of hydrogen-bond donors (Lipinski definition) is 2. The van der Waals surface area contributed by atoms with Gasteiger partial charge in [-0.05, 0) is 113 Å². The van der Waals surface area contributed by atoms with Gasteiger partial charge in [0.15, 0.2) is 0 Å². The number of ether oxygens (including phenoxy) is 1. The molecule has 0 aliphatic carbocycles. The Labute approximate surface area is 364 Å². The lowest BCUT2D eigenvalue weighted by molar-refractivity contribution is 0.122. The second kappa shape index (κ2) is 17.3. The van der Waals surface area contributed by atoms with Crippen molar-refractivity contribution in [3.63, 3.8) is 0 Å². The van der Waals surface area contributed by atoms with Gasteiger partial charge in [-0.1, -0.05) is 33.6 Å². The molecule has 0 saturated carbocycles. The summed E-state index contributed by atoms with van der Waals surface area (Å²) in [5.41, 5.74) is 3.37. The predicted octanol–water partition coefficient (Wildman–Crippen LogP) is 7.42. The first-order valence-electron chi connectivity index (χ1n) is 17.8. The molecule has 1 aliphatic heterocycles. The van der Waals surface area contributed by atoms with Gasteiger partial charge in [-0.15, -0.1) is 10.2 Å². The Kier molecular flexibility index (Phi) is 11.9. The minimum Gasteiger partial charge on any atom is -0.378 e. The van der Waals surface area contributed by atoms with E-state index in [1.54, 1.807) is 54.9 Å². The SMILES string of the molecule is O=S(=O)(Nc1ccc(Cl)cc1-n1nnc2ncccc21)c1ccc(Br)c(F)c1.O=S(=O)(Nc1ccc(Cl)cc1-n1nnc2ncccc21)c1ccc(N2CCOCC2)c(F)c1. The number of rotatable bonds is 9. The maximum absolute atomic E-state index is 14.8. The van der Waals surface area contributed by atoms with Gasteiger partial charge in [0.05, 0.1) is 55.9 Å². The van der Waals surface area contributed by atoms with E-state index in [0.29, 0.717) is 75.7 Å². The molecule has 23 heteroatoms. The normalized spacial score (nSPS) is 13.2. The predicted molar refractivity (Wildman–Crippen MR) is 228 cm³/mol. The molecular weight excluding hydrogens is 943 g/mol. The minimum absolute atomic E-state index is 0.167. The number of morpholine rings is 1. The van der Waals surface area contributed by atoms with Crippen molar-refractivity contribution in [2.24, 2.45) is 0 Å². The minimum atomic E-state index is -4.12. The second-order valence-electron chi connectivity index (χ2n) is 13.0. The first-order chi connectivity index (χ1) is 29.3. The summed E-state index contributed by atoms with van der Waals surface area (Å²) in [5.74, 6) is -1.31. The van der Waals surface area contributed by atoms with Gasteiger partial charge in [0.1, 0.15) is 22.7 Å². The van der Waals surface area contributed by atoms with E-state index in [-0.39, 0.29) is 25.6 Å². The molecule has 61 heavy (non-hydrogen) atoms. The second-order valence-corrected chi connectivity index (χ2v) is 18.1. The molecule has 8 aromatic rings. The van der Waals surface area contributed by atoms with Crippen LogP contribution in [0.2, 0.25) is 10.0 Å². The summed E-state index contributed by atoms with van der Waals surface area (Å²) in [5, 5.41) is 16.8. The van der Waals surface area contributed by atoms with Gasteiger partial charge in [-0.3, -0.25) is 9.44 Å². The molecule has 1 aliphatic rings. The van der Waals surface area contributed by atoms with E-state index in [9.17, 15) is 25.6 Å². The molecule has 2 N–H and O–H groups in total. The van der Waals surface area contributed by atoms with E-state index < -0.39 is 31.7 Å². The van der Waals surface area contributed by atoms with Crippen LogP contribution in [0.4, 0.5) is 25.8 Å². The maximum Gasteiger partial charge on any atom is 0.262 e. The Morgan fingerprint density at radius 2 is 1.11 bits per heavy atom. The van der Waals surface area contributed by atoms with E-state index in [1.807, 2.05) is 4.90 Å². The largest absolute Gasteiger partial charge is 0.378 e. The summed E-state index contributed by atoms with van der Waals surface area (Å²) in [7, 11) is -8.18. The quantitative estimate of drug-likeness (QED) is 0.146. The van der Waals surface area contributed by atoms with Crippen LogP contribution in [0.25, 0.3) is 33.7 Å². The number of sulfonamides is 2. The third kappa shape index (κ3) is 8.97. The fourth-order valence-corrected chi connectivity index (χ4v) is 8.94. The molecule has 0 spiro atoms. The van der Waals surface area contributed by atoms with Crippen LogP contribution in [0.5, 0.6) is 0 Å². The fraction of sp³-hybridized carbons (Fsp3) is 0.105. The topological polar surface area (TPSA) is 192 Å². The zero-order valence-corrected chi connectivity index (χ0v) is 35.7. The highest BCUT2D eigenvalue weighted by Crippen LogP contribution is 2.32. The number of nitrogens with one attached hydrogen (secondary N) is 2. The van der Waals surface area contributed by atoms with Crippen molar-refractivity contribution in [1.82, 2.24) is 40.0 Å². The van der Waals surface area contributed by atoms with E-state index >= 15 is 0 Å². The van der Waals surface area contributed by atoms with Gasteiger partial charge in [0.25, 0.3) is 20.0 Å². The summed E-state index contributed by atoms with van der Waals surface area (Å²) in [6.45, 7) is 2.06. The van der Waals surface area contributed by atoms with Crippen LogP contribution in [-0.2, 0) is 24.8 Å². The molecule has 5 heterocycles. The van der Waals surface area contributed by atoms with Gasteiger partial charge >= 0.3 is 0 Å². The van der Waals surface area contributed by atoms with Crippen LogP contribution in [0.15, 0.2) is 124 Å². The molecule has 4 aromatic carbocycles. The molecule has 16 nitrogen and oxygen atoms in total. The first kappa shape index (κ1) is 41.9. The molecule has 0 atom stereocenters. The van der Waals surface area contributed by atoms with Crippen LogP contribution in [0, 0.1) is 11.6 Å². The molecular formula is C38H28BrCl2F2N11O5S2. The number of fused-ring (bicyclic) bond motifs is 2. The lowest BCUT2D eigenvalue weighted by Crippen LogP contribution is -2.36. The molecule has 1 fully saturated rings. The van der Waals surface area contributed by atoms with Gasteiger partial charge in [0, 0.05) is 35.5 Å². The Morgan fingerprint density at radius 1 is 0.623 bits per heavy atom. The standard InChI is InChI=1S/C21H18ClFN6O3S.C17H10BrClFN5O2S/c22-14-3-5-17(20(12-14)29-19-2-1-7-24-21(19)25-27-29)26-33(30,31)15-4-6-18(16(23)13-15)28-8-10-32-11-9-28;18-12-5-4-11(9-13(12)20)28(26,27)23-14-6-3-10(19)8-16(14)25-15-2-1-7-21-17(15)22-24-25/h1-7,12-13,26H,8-11H2;1-9,23H. The van der Waals surface area contributed by atoms with Crippen molar-refractivity contribution >= 4 is 98.6 Å². The van der Waals surface area contributed by atoms with Crippen LogP contribution < -0.4 is 14.3 Å². The van der Waals surface area contributed by atoms with Crippen LogP contribution >= 0.6 is 39.1 Å². The highest BCUT2D eigenvalue weighted by Gasteiger charge is 2.23. The summed E-state index contributed by atoms with van der Waals surface area (Å²) >= 11 is 15.3. The van der Waals surface area contributed by atoms with Gasteiger partial charge in [-0.25, -0.2) is 44.9 Å². The van der Waals surface area contributed by atoms with Crippen molar-refractivity contribution in [2.75, 3.05) is 40.6 Å². The molecule has 0 radical (unpaired) electrons. The average Bonchev–Trinajstić information content (AvgIpc) is 3.88. The van der Waals surface area contributed by atoms with Crippen LogP contribution in [-0.4, -0.2) is 83.1 Å². The average molecular weight is 972 g/mol. The number of pyridine rings is 2. The Bertz CT molecular complexity index is 3170. The zero-order valence-electron chi connectivity index (χ0n) is 31.0. The third-order valence-electron chi connectivity index (χ3n) is 9.09. The van der Waals surface area contributed by atoms with Crippen molar-refractivity contribution in [2.45, 2.75) is 9.79 Å². The summed E-state index contributed by atoms with van der Waals surface area (Å²) in [4.78, 5) is 9.64. The van der Waals surface area contributed by atoms with Crippen molar-refractivity contribution in [3.8, 4) is 11.4 Å². The fourth-order valence-electron chi connectivity index (χ4n) is 6.19. The summed E-state index contributed by atoms with van der Waals surface area (Å²) < 4.78 is 93.6. The van der Waals surface area contributed by atoms with Crippen molar-refractivity contribution < 1.29 is 30.4 Å². The molecule has 0 unspecified atom stereocenters. The van der Waals surface area contributed by atoms with Crippen LogP contribution in [0.3, 0.4) is 0 Å². The van der Waals surface area contributed by atoms with Crippen molar-refractivity contribution in [1.29, 1.82) is 0 Å². The third-order valence-corrected chi connectivity index (χ3v) is 12.9. The highest BCUT2D eigenvalue weighted by molar-refractivity contribution is 9.10. The number of halogens is 5. The molecule has 1 saturated heterocycles. The molecule has 0 amide bonds. The maximum atomic E-state index is 14.8. The smallest absolute Gasteiger partial charge is 0.262 e.